The number of nitriles is 1. The maximum atomic E-state index is 9.14. The van der Waals surface area contributed by atoms with Crippen LogP contribution in [0.1, 0.15) is 17.6 Å². The number of piperazine rings is 1. The van der Waals surface area contributed by atoms with Gasteiger partial charge >= 0.3 is 0 Å². The molecule has 0 radical (unpaired) electrons. The fourth-order valence-electron chi connectivity index (χ4n) is 2.57. The van der Waals surface area contributed by atoms with Gasteiger partial charge in [0.2, 0.25) is 0 Å². The van der Waals surface area contributed by atoms with E-state index >= 15 is 0 Å². The summed E-state index contributed by atoms with van der Waals surface area (Å²) in [7, 11) is 0. The van der Waals surface area contributed by atoms with Gasteiger partial charge in [0, 0.05) is 49.6 Å². The number of rotatable bonds is 3. The van der Waals surface area contributed by atoms with Crippen molar-refractivity contribution in [1.29, 1.82) is 5.26 Å². The highest BCUT2D eigenvalue weighted by Gasteiger charge is 2.26. The molecule has 0 saturated carbocycles. The lowest BCUT2D eigenvalue weighted by atomic mass is 10.2. The summed E-state index contributed by atoms with van der Waals surface area (Å²) >= 11 is 1.69. The minimum absolute atomic E-state index is 0.385. The van der Waals surface area contributed by atoms with Gasteiger partial charge in [-0.2, -0.15) is 5.26 Å². The Morgan fingerprint density at radius 3 is 2.86 bits per heavy atom. The van der Waals surface area contributed by atoms with Gasteiger partial charge in [0.05, 0.1) is 6.54 Å². The Bertz CT molecular complexity index is 635. The second-order valence-electron chi connectivity index (χ2n) is 5.03. The molecule has 0 spiro atoms. The Balaban J connectivity index is 1.69. The van der Waals surface area contributed by atoms with Gasteiger partial charge in [-0.05, 0) is 6.92 Å². The average Bonchev–Trinajstić information content (AvgIpc) is 3.02. The summed E-state index contributed by atoms with van der Waals surface area (Å²) in [4.78, 5) is 17.3. The summed E-state index contributed by atoms with van der Waals surface area (Å²) in [5.74, 6) is 0.695. The van der Waals surface area contributed by atoms with Crippen LogP contribution in [0.25, 0.3) is 0 Å². The van der Waals surface area contributed by atoms with Crippen molar-refractivity contribution in [3.05, 3.63) is 34.7 Å². The van der Waals surface area contributed by atoms with Crippen molar-refractivity contribution in [2.45, 2.75) is 19.5 Å². The van der Waals surface area contributed by atoms with Crippen LogP contribution in [-0.4, -0.2) is 45.5 Å². The third-order valence-corrected chi connectivity index (χ3v) is 4.44. The number of aromatic nitrogens is 3. The molecule has 1 aliphatic rings. The van der Waals surface area contributed by atoms with Crippen LogP contribution in [0.2, 0.25) is 0 Å². The highest BCUT2D eigenvalue weighted by atomic mass is 32.1. The zero-order valence-corrected chi connectivity index (χ0v) is 12.6. The minimum atomic E-state index is 0.385. The van der Waals surface area contributed by atoms with E-state index in [4.69, 9.17) is 5.26 Å². The summed E-state index contributed by atoms with van der Waals surface area (Å²) in [5.41, 5.74) is 0.401. The number of nitrogens with zero attached hydrogens (tertiary/aromatic N) is 6. The molecular formula is C14H16N6S. The van der Waals surface area contributed by atoms with Gasteiger partial charge in [0.15, 0.2) is 11.5 Å². The normalized spacial score (nSPS) is 19.4. The topological polar surface area (TPSA) is 68.9 Å². The summed E-state index contributed by atoms with van der Waals surface area (Å²) in [6.07, 6.45) is 5.05. The van der Waals surface area contributed by atoms with Gasteiger partial charge < -0.3 is 4.90 Å². The van der Waals surface area contributed by atoms with Crippen molar-refractivity contribution >= 4 is 17.2 Å². The highest BCUT2D eigenvalue weighted by molar-refractivity contribution is 7.09. The minimum Gasteiger partial charge on any atom is -0.351 e. The largest absolute Gasteiger partial charge is 0.351 e. The van der Waals surface area contributed by atoms with E-state index in [1.54, 1.807) is 23.7 Å². The second kappa shape index (κ2) is 6.16. The molecule has 3 rings (SSSR count). The molecule has 1 fully saturated rings. The Morgan fingerprint density at radius 1 is 1.29 bits per heavy atom. The van der Waals surface area contributed by atoms with E-state index in [1.807, 2.05) is 11.6 Å². The molecule has 0 bridgehead atoms. The summed E-state index contributed by atoms with van der Waals surface area (Å²) < 4.78 is 0. The lowest BCUT2D eigenvalue weighted by Crippen LogP contribution is -2.51. The first-order chi connectivity index (χ1) is 10.3. The van der Waals surface area contributed by atoms with Crippen molar-refractivity contribution < 1.29 is 0 Å². The van der Waals surface area contributed by atoms with Crippen LogP contribution in [0.4, 0.5) is 5.82 Å². The monoisotopic (exact) mass is 300 g/mol. The summed E-state index contributed by atoms with van der Waals surface area (Å²) in [6.45, 7) is 5.71. The van der Waals surface area contributed by atoms with Crippen LogP contribution >= 0.6 is 11.3 Å². The molecule has 108 valence electrons. The molecule has 0 amide bonds. The molecule has 6 nitrogen and oxygen atoms in total. The van der Waals surface area contributed by atoms with E-state index in [-0.39, 0.29) is 0 Å². The fourth-order valence-corrected chi connectivity index (χ4v) is 3.21. The number of anilines is 1. The first-order valence-corrected chi connectivity index (χ1v) is 7.74. The van der Waals surface area contributed by atoms with Crippen molar-refractivity contribution in [2.75, 3.05) is 24.5 Å². The molecule has 7 heteroatoms. The molecule has 0 aromatic carbocycles. The smallest absolute Gasteiger partial charge is 0.183 e. The molecule has 3 heterocycles. The molecule has 2 aromatic rings. The van der Waals surface area contributed by atoms with Crippen molar-refractivity contribution in [1.82, 2.24) is 19.9 Å². The quantitative estimate of drug-likeness (QED) is 0.856. The number of thiazole rings is 1. The predicted molar refractivity (Wildman–Crippen MR) is 80.9 cm³/mol. The van der Waals surface area contributed by atoms with E-state index < -0.39 is 0 Å². The molecule has 0 aliphatic carbocycles. The molecule has 21 heavy (non-hydrogen) atoms. The lowest BCUT2D eigenvalue weighted by molar-refractivity contribution is 0.180. The molecule has 1 aliphatic heterocycles. The Kier molecular flexibility index (Phi) is 4.08. The van der Waals surface area contributed by atoms with E-state index in [9.17, 15) is 0 Å². The van der Waals surface area contributed by atoms with Gasteiger partial charge in [-0.1, -0.05) is 0 Å². The van der Waals surface area contributed by atoms with Gasteiger partial charge in [-0.25, -0.2) is 15.0 Å². The van der Waals surface area contributed by atoms with Crippen LogP contribution in [0.15, 0.2) is 24.0 Å². The highest BCUT2D eigenvalue weighted by Crippen LogP contribution is 2.20. The molecule has 1 unspecified atom stereocenters. The van der Waals surface area contributed by atoms with Crippen LogP contribution in [0.5, 0.6) is 0 Å². The SMILES string of the molecule is CC1CN(c2nccnc2C#N)CCN1Cc1nccs1. The fraction of sp³-hybridized carbons (Fsp3) is 0.429. The Labute approximate surface area is 127 Å². The number of hydrogen-bond acceptors (Lipinski definition) is 7. The van der Waals surface area contributed by atoms with Crippen LogP contribution in [0, 0.1) is 11.3 Å². The standard InChI is InChI=1S/C14H16N6S/c1-11-9-20(14-12(8-15)16-2-3-18-14)6-5-19(11)10-13-17-4-7-21-13/h2-4,7,11H,5-6,9-10H2,1H3. The van der Waals surface area contributed by atoms with Gasteiger partial charge in [-0.15, -0.1) is 11.3 Å². The second-order valence-corrected chi connectivity index (χ2v) is 6.01. The van der Waals surface area contributed by atoms with Gasteiger partial charge in [0.25, 0.3) is 0 Å². The molecule has 1 saturated heterocycles. The maximum Gasteiger partial charge on any atom is 0.183 e. The number of hydrogen-bond donors (Lipinski definition) is 0. The zero-order chi connectivity index (χ0) is 14.7. The van der Waals surface area contributed by atoms with Crippen molar-refractivity contribution in [2.24, 2.45) is 0 Å². The Hall–Kier alpha value is -2.04. The van der Waals surface area contributed by atoms with Crippen molar-refractivity contribution in [3.8, 4) is 6.07 Å². The van der Waals surface area contributed by atoms with Gasteiger partial charge in [0.1, 0.15) is 11.1 Å². The van der Waals surface area contributed by atoms with Crippen LogP contribution in [-0.2, 0) is 6.54 Å². The first-order valence-electron chi connectivity index (χ1n) is 6.86. The molecule has 1 atom stereocenters. The van der Waals surface area contributed by atoms with E-state index in [2.05, 4.69) is 37.7 Å². The molecular weight excluding hydrogens is 284 g/mol. The van der Waals surface area contributed by atoms with Gasteiger partial charge in [-0.3, -0.25) is 4.90 Å². The van der Waals surface area contributed by atoms with Crippen molar-refractivity contribution in [3.63, 3.8) is 0 Å². The first kappa shape index (κ1) is 13.9. The zero-order valence-electron chi connectivity index (χ0n) is 11.8. The molecule has 2 aromatic heterocycles. The van der Waals surface area contributed by atoms with Crippen LogP contribution < -0.4 is 4.90 Å². The van der Waals surface area contributed by atoms with E-state index in [0.717, 1.165) is 31.2 Å². The van der Waals surface area contributed by atoms with E-state index in [1.165, 1.54) is 0 Å². The third kappa shape index (κ3) is 3.01. The van der Waals surface area contributed by atoms with Crippen LogP contribution in [0.3, 0.4) is 0 Å². The predicted octanol–water partition coefficient (Wildman–Crippen LogP) is 1.52. The Morgan fingerprint density at radius 2 is 2.14 bits per heavy atom. The molecule has 0 N–H and O–H groups in total. The lowest BCUT2D eigenvalue weighted by Gasteiger charge is -2.40. The maximum absolute atomic E-state index is 9.14. The third-order valence-electron chi connectivity index (χ3n) is 3.67. The summed E-state index contributed by atoms with van der Waals surface area (Å²) in [6, 6.07) is 2.50. The van der Waals surface area contributed by atoms with E-state index in [0.29, 0.717) is 17.6 Å². The average molecular weight is 300 g/mol. The summed E-state index contributed by atoms with van der Waals surface area (Å²) in [5, 5.41) is 12.3.